The number of carbonyl (C=O) groups excluding carboxylic acids is 1. The molecule has 0 bridgehead atoms. The highest BCUT2D eigenvalue weighted by Gasteiger charge is 2.45. The quantitative estimate of drug-likeness (QED) is 0.558. The second-order valence-electron chi connectivity index (χ2n) is 9.03. The molecule has 0 spiro atoms. The number of anilines is 1. The molecule has 180 valence electrons. The van der Waals surface area contributed by atoms with Gasteiger partial charge >= 0.3 is 0 Å². The summed E-state index contributed by atoms with van der Waals surface area (Å²) in [7, 11) is 1.94. The number of amides is 1. The molecule has 1 saturated heterocycles. The molecule has 1 amide bonds. The number of aryl methyl sites for hydroxylation is 1. The number of halogens is 2. The first-order valence-electron chi connectivity index (χ1n) is 11.2. The van der Waals surface area contributed by atoms with Crippen molar-refractivity contribution in [2.75, 3.05) is 18.0 Å². The molecule has 2 atom stereocenters. The number of rotatable bonds is 6. The average Bonchev–Trinajstić information content (AvgIpc) is 3.56. The van der Waals surface area contributed by atoms with E-state index in [0.29, 0.717) is 17.1 Å². The van der Waals surface area contributed by atoms with Crippen molar-refractivity contribution in [3.05, 3.63) is 53.0 Å². The molecule has 5 rings (SSSR count). The topological polar surface area (TPSA) is 114 Å². The molecule has 12 heteroatoms. The first kappa shape index (κ1) is 22.4. The van der Waals surface area contributed by atoms with E-state index in [0.717, 1.165) is 24.2 Å². The SMILES string of the molecule is CC1CN(c2ccc(Cn3cc(C(=O)N[C@@H]4CCc5c4ncn5C)nn3)c(CO)n2)CC1(F)F. The lowest BCUT2D eigenvalue weighted by atomic mass is 10.1. The lowest BCUT2D eigenvalue weighted by Crippen LogP contribution is -2.27. The lowest BCUT2D eigenvalue weighted by Gasteiger charge is -2.18. The number of nitrogens with zero attached hydrogens (tertiary/aromatic N) is 7. The summed E-state index contributed by atoms with van der Waals surface area (Å²) in [5.41, 5.74) is 3.21. The van der Waals surface area contributed by atoms with Crippen LogP contribution < -0.4 is 10.2 Å². The maximum Gasteiger partial charge on any atom is 0.274 e. The largest absolute Gasteiger partial charge is 0.390 e. The van der Waals surface area contributed by atoms with E-state index < -0.39 is 18.4 Å². The molecule has 1 aliphatic heterocycles. The normalized spacial score (nSPS) is 21.1. The smallest absolute Gasteiger partial charge is 0.274 e. The lowest BCUT2D eigenvalue weighted by molar-refractivity contribution is -0.0138. The highest BCUT2D eigenvalue weighted by Crippen LogP contribution is 2.35. The predicted octanol–water partition coefficient (Wildman–Crippen LogP) is 1.46. The minimum Gasteiger partial charge on any atom is -0.390 e. The van der Waals surface area contributed by atoms with Crippen molar-refractivity contribution in [1.29, 1.82) is 0 Å². The van der Waals surface area contributed by atoms with Crippen molar-refractivity contribution in [3.63, 3.8) is 0 Å². The van der Waals surface area contributed by atoms with Crippen molar-refractivity contribution in [1.82, 2.24) is 34.8 Å². The van der Waals surface area contributed by atoms with E-state index in [2.05, 4.69) is 25.6 Å². The minimum atomic E-state index is -2.77. The van der Waals surface area contributed by atoms with Crippen molar-refractivity contribution in [2.45, 2.75) is 44.9 Å². The van der Waals surface area contributed by atoms with Crippen LogP contribution in [0.1, 0.15) is 52.5 Å². The molecule has 0 radical (unpaired) electrons. The fourth-order valence-electron chi connectivity index (χ4n) is 4.60. The summed E-state index contributed by atoms with van der Waals surface area (Å²) in [5.74, 6) is -3.47. The Bertz CT molecular complexity index is 1220. The zero-order valence-corrected chi connectivity index (χ0v) is 18.9. The van der Waals surface area contributed by atoms with Crippen molar-refractivity contribution in [2.24, 2.45) is 13.0 Å². The first-order valence-corrected chi connectivity index (χ1v) is 11.2. The van der Waals surface area contributed by atoms with Crippen LogP contribution >= 0.6 is 0 Å². The van der Waals surface area contributed by atoms with Crippen LogP contribution in [0.3, 0.4) is 0 Å². The van der Waals surface area contributed by atoms with Gasteiger partial charge in [0.25, 0.3) is 11.8 Å². The van der Waals surface area contributed by atoms with E-state index in [1.807, 2.05) is 11.6 Å². The number of fused-ring (bicyclic) bond motifs is 1. The van der Waals surface area contributed by atoms with Crippen LogP contribution in [0, 0.1) is 5.92 Å². The molecule has 34 heavy (non-hydrogen) atoms. The van der Waals surface area contributed by atoms with Gasteiger partial charge in [0.15, 0.2) is 5.69 Å². The minimum absolute atomic E-state index is 0.160. The summed E-state index contributed by atoms with van der Waals surface area (Å²) in [6.45, 7) is 1.20. The summed E-state index contributed by atoms with van der Waals surface area (Å²) >= 11 is 0. The van der Waals surface area contributed by atoms with Crippen LogP contribution in [0.25, 0.3) is 0 Å². The van der Waals surface area contributed by atoms with Crippen LogP contribution in [-0.2, 0) is 26.6 Å². The second kappa shape index (κ2) is 8.42. The second-order valence-corrected chi connectivity index (χ2v) is 9.03. The Balaban J connectivity index is 1.26. The van der Waals surface area contributed by atoms with Gasteiger partial charge in [-0.2, -0.15) is 0 Å². The Kier molecular flexibility index (Phi) is 5.54. The molecule has 0 aromatic carbocycles. The van der Waals surface area contributed by atoms with Gasteiger partial charge < -0.3 is 19.9 Å². The number of carbonyl (C=O) groups is 1. The monoisotopic (exact) mass is 472 g/mol. The third kappa shape index (κ3) is 4.02. The van der Waals surface area contributed by atoms with E-state index in [-0.39, 0.29) is 37.3 Å². The molecule has 1 fully saturated rings. The molecule has 2 N–H and O–H groups in total. The number of aliphatic hydroxyl groups is 1. The van der Waals surface area contributed by atoms with Crippen molar-refractivity contribution >= 4 is 11.7 Å². The Morgan fingerprint density at radius 2 is 2.18 bits per heavy atom. The number of hydrogen-bond acceptors (Lipinski definition) is 7. The third-order valence-corrected chi connectivity index (χ3v) is 6.64. The molecule has 1 aliphatic carbocycles. The van der Waals surface area contributed by atoms with Gasteiger partial charge in [-0.25, -0.2) is 23.4 Å². The fraction of sp³-hybridized carbons (Fsp3) is 0.500. The van der Waals surface area contributed by atoms with Gasteiger partial charge in [0.05, 0.1) is 49.7 Å². The van der Waals surface area contributed by atoms with Crippen LogP contribution in [0.4, 0.5) is 14.6 Å². The average molecular weight is 473 g/mol. The van der Waals surface area contributed by atoms with Crippen LogP contribution in [-0.4, -0.2) is 59.6 Å². The molecular weight excluding hydrogens is 446 g/mol. The number of aromatic nitrogens is 6. The molecular formula is C22H26F2N8O2. The maximum absolute atomic E-state index is 13.9. The van der Waals surface area contributed by atoms with E-state index in [1.54, 1.807) is 18.5 Å². The predicted molar refractivity (Wildman–Crippen MR) is 117 cm³/mol. The maximum atomic E-state index is 13.9. The Labute approximate surface area is 194 Å². The van der Waals surface area contributed by atoms with Gasteiger partial charge in [0.1, 0.15) is 5.82 Å². The number of pyridine rings is 1. The summed E-state index contributed by atoms with van der Waals surface area (Å²) in [6.07, 6.45) is 4.91. The van der Waals surface area contributed by atoms with E-state index in [4.69, 9.17) is 0 Å². The van der Waals surface area contributed by atoms with E-state index >= 15 is 0 Å². The van der Waals surface area contributed by atoms with Crippen molar-refractivity contribution < 1.29 is 18.7 Å². The third-order valence-electron chi connectivity index (χ3n) is 6.64. The molecule has 2 aliphatic rings. The zero-order valence-electron chi connectivity index (χ0n) is 18.9. The number of aliphatic hydroxyl groups excluding tert-OH is 1. The summed E-state index contributed by atoms with van der Waals surface area (Å²) < 4.78 is 31.3. The van der Waals surface area contributed by atoms with Crippen LogP contribution in [0.5, 0.6) is 0 Å². The summed E-state index contributed by atoms with van der Waals surface area (Å²) in [5, 5.41) is 20.8. The fourth-order valence-corrected chi connectivity index (χ4v) is 4.60. The number of nitrogens with one attached hydrogen (secondary N) is 1. The highest BCUT2D eigenvalue weighted by molar-refractivity contribution is 5.92. The number of alkyl halides is 2. The van der Waals surface area contributed by atoms with Crippen molar-refractivity contribution in [3.8, 4) is 0 Å². The first-order chi connectivity index (χ1) is 16.2. The van der Waals surface area contributed by atoms with Crippen LogP contribution in [0.2, 0.25) is 0 Å². The number of imidazole rings is 1. The number of hydrogen-bond donors (Lipinski definition) is 2. The molecule has 3 aromatic heterocycles. The molecule has 3 aromatic rings. The molecule has 4 heterocycles. The Hall–Kier alpha value is -3.41. The molecule has 0 saturated carbocycles. The Morgan fingerprint density at radius 3 is 2.91 bits per heavy atom. The summed E-state index contributed by atoms with van der Waals surface area (Å²) in [4.78, 5) is 23.0. The standard InChI is InChI=1S/C22H26F2N8O2/c1-13-7-31(11-22(13,23)24)19-6-3-14(17(10-33)26-19)8-32-9-16(28-29-32)21(34)27-15-4-5-18-20(15)25-12-30(18)2/h3,6,9,12-13,15,33H,4-5,7-8,10-11H2,1-2H3,(H,27,34)/t13?,15-/m1/s1. The van der Waals surface area contributed by atoms with E-state index in [1.165, 1.54) is 22.7 Å². The zero-order chi connectivity index (χ0) is 24.0. The van der Waals surface area contributed by atoms with Gasteiger partial charge in [-0.1, -0.05) is 18.2 Å². The summed E-state index contributed by atoms with van der Waals surface area (Å²) in [6, 6.07) is 3.24. The van der Waals surface area contributed by atoms with Crippen LogP contribution in [0.15, 0.2) is 24.7 Å². The van der Waals surface area contributed by atoms with Gasteiger partial charge in [-0.05, 0) is 24.5 Å². The Morgan fingerprint density at radius 1 is 1.35 bits per heavy atom. The van der Waals surface area contributed by atoms with Gasteiger partial charge in [-0.15, -0.1) is 5.10 Å². The van der Waals surface area contributed by atoms with Gasteiger partial charge in [0.2, 0.25) is 0 Å². The molecule has 10 nitrogen and oxygen atoms in total. The van der Waals surface area contributed by atoms with Gasteiger partial charge in [0, 0.05) is 25.2 Å². The highest BCUT2D eigenvalue weighted by atomic mass is 19.3. The molecule has 1 unspecified atom stereocenters. The van der Waals surface area contributed by atoms with E-state index in [9.17, 15) is 18.7 Å². The van der Waals surface area contributed by atoms with Gasteiger partial charge in [-0.3, -0.25) is 4.79 Å².